The van der Waals surface area contributed by atoms with Crippen molar-refractivity contribution in [1.82, 2.24) is 4.90 Å². The first kappa shape index (κ1) is 11.0. The molecule has 1 aliphatic heterocycles. The van der Waals surface area contributed by atoms with E-state index in [0.717, 1.165) is 26.0 Å². The zero-order valence-electron chi connectivity index (χ0n) is 8.12. The van der Waals surface area contributed by atoms with Crippen LogP contribution in [-0.4, -0.2) is 41.9 Å². The number of carbonyl (C=O) groups excluding carboxylic acids is 1. The van der Waals surface area contributed by atoms with Crippen LogP contribution in [0.25, 0.3) is 0 Å². The normalized spacial score (nSPS) is 24.4. The minimum atomic E-state index is -0.0982. The Morgan fingerprint density at radius 1 is 1.77 bits per heavy atom. The fourth-order valence-corrected chi connectivity index (χ4v) is 1.84. The minimum absolute atomic E-state index is 0.0982. The largest absolute Gasteiger partial charge is 0.376 e. The molecule has 2 unspecified atom stereocenters. The van der Waals surface area contributed by atoms with Crippen molar-refractivity contribution in [3.8, 4) is 0 Å². The number of nitrogens with zero attached hydrogens (tertiary/aromatic N) is 1. The number of ether oxygens (including phenoxy) is 1. The standard InChI is InChI=1S/C9H16BrNO2/c1-7(10)9(12)11(2)6-8-4-3-5-13-8/h7-8H,3-6H2,1-2H3. The maximum absolute atomic E-state index is 11.5. The summed E-state index contributed by atoms with van der Waals surface area (Å²) >= 11 is 3.26. The van der Waals surface area contributed by atoms with Gasteiger partial charge >= 0.3 is 0 Å². The van der Waals surface area contributed by atoms with Gasteiger partial charge in [0.15, 0.2) is 0 Å². The lowest BCUT2D eigenvalue weighted by Gasteiger charge is -2.21. The second-order valence-electron chi connectivity index (χ2n) is 3.47. The van der Waals surface area contributed by atoms with Gasteiger partial charge in [0.25, 0.3) is 0 Å². The fourth-order valence-electron chi connectivity index (χ4n) is 1.49. The zero-order chi connectivity index (χ0) is 9.84. The quantitative estimate of drug-likeness (QED) is 0.709. The van der Waals surface area contributed by atoms with E-state index >= 15 is 0 Å². The summed E-state index contributed by atoms with van der Waals surface area (Å²) in [6, 6.07) is 0. The molecule has 1 rings (SSSR count). The van der Waals surface area contributed by atoms with Crippen LogP contribution in [0.3, 0.4) is 0 Å². The van der Waals surface area contributed by atoms with Crippen molar-refractivity contribution >= 4 is 21.8 Å². The molecular formula is C9H16BrNO2. The summed E-state index contributed by atoms with van der Waals surface area (Å²) in [5.41, 5.74) is 0. The minimum Gasteiger partial charge on any atom is -0.376 e. The van der Waals surface area contributed by atoms with Gasteiger partial charge in [0.1, 0.15) is 0 Å². The number of carbonyl (C=O) groups is 1. The Hall–Kier alpha value is -0.0900. The predicted molar refractivity (Wildman–Crippen MR) is 55.0 cm³/mol. The molecule has 0 aromatic heterocycles. The molecule has 0 N–H and O–H groups in total. The van der Waals surface area contributed by atoms with E-state index in [4.69, 9.17) is 4.74 Å². The van der Waals surface area contributed by atoms with Crippen molar-refractivity contribution < 1.29 is 9.53 Å². The van der Waals surface area contributed by atoms with E-state index < -0.39 is 0 Å². The molecule has 0 aromatic rings. The van der Waals surface area contributed by atoms with Gasteiger partial charge in [-0.2, -0.15) is 0 Å². The van der Waals surface area contributed by atoms with Crippen LogP contribution in [0, 0.1) is 0 Å². The Morgan fingerprint density at radius 2 is 2.46 bits per heavy atom. The molecule has 3 nitrogen and oxygen atoms in total. The highest BCUT2D eigenvalue weighted by atomic mass is 79.9. The van der Waals surface area contributed by atoms with Crippen LogP contribution in [0.15, 0.2) is 0 Å². The first-order valence-corrected chi connectivity index (χ1v) is 5.53. The lowest BCUT2D eigenvalue weighted by atomic mass is 10.2. The van der Waals surface area contributed by atoms with Crippen LogP contribution in [0.4, 0.5) is 0 Å². The number of hydrogen-bond acceptors (Lipinski definition) is 2. The van der Waals surface area contributed by atoms with Crippen molar-refractivity contribution in [2.45, 2.75) is 30.7 Å². The lowest BCUT2D eigenvalue weighted by molar-refractivity contribution is -0.130. The van der Waals surface area contributed by atoms with Gasteiger partial charge in [-0.05, 0) is 19.8 Å². The summed E-state index contributed by atoms with van der Waals surface area (Å²) in [5.74, 6) is 0.121. The van der Waals surface area contributed by atoms with Crippen molar-refractivity contribution in [2.24, 2.45) is 0 Å². The molecule has 1 fully saturated rings. The second-order valence-corrected chi connectivity index (χ2v) is 4.84. The molecule has 1 saturated heterocycles. The van der Waals surface area contributed by atoms with E-state index in [-0.39, 0.29) is 16.8 Å². The molecule has 0 saturated carbocycles. The van der Waals surface area contributed by atoms with Gasteiger partial charge in [0.05, 0.1) is 10.9 Å². The summed E-state index contributed by atoms with van der Waals surface area (Å²) in [4.78, 5) is 13.1. The van der Waals surface area contributed by atoms with Crippen molar-refractivity contribution in [3.05, 3.63) is 0 Å². The van der Waals surface area contributed by atoms with Crippen LogP contribution < -0.4 is 0 Å². The van der Waals surface area contributed by atoms with Gasteiger partial charge in [0, 0.05) is 20.2 Å². The summed E-state index contributed by atoms with van der Waals surface area (Å²) in [7, 11) is 1.82. The molecule has 4 heteroatoms. The number of likely N-dealkylation sites (N-methyl/N-ethyl adjacent to an activating group) is 1. The van der Waals surface area contributed by atoms with Gasteiger partial charge in [-0.25, -0.2) is 0 Å². The highest BCUT2D eigenvalue weighted by Crippen LogP contribution is 2.13. The smallest absolute Gasteiger partial charge is 0.235 e. The average Bonchev–Trinajstić information content (AvgIpc) is 2.55. The molecule has 13 heavy (non-hydrogen) atoms. The Labute approximate surface area is 87.6 Å². The molecule has 0 bridgehead atoms. The van der Waals surface area contributed by atoms with Crippen LogP contribution in [0.1, 0.15) is 19.8 Å². The first-order chi connectivity index (χ1) is 6.11. The molecule has 0 aromatic carbocycles. The first-order valence-electron chi connectivity index (χ1n) is 4.62. The summed E-state index contributed by atoms with van der Waals surface area (Å²) in [6.45, 7) is 3.40. The van der Waals surface area contributed by atoms with Gasteiger partial charge in [-0.1, -0.05) is 15.9 Å². The van der Waals surface area contributed by atoms with Crippen molar-refractivity contribution in [3.63, 3.8) is 0 Å². The maximum atomic E-state index is 11.5. The van der Waals surface area contributed by atoms with Crippen molar-refractivity contribution in [2.75, 3.05) is 20.2 Å². The molecule has 1 amide bonds. The Bertz CT molecular complexity index is 178. The highest BCUT2D eigenvalue weighted by molar-refractivity contribution is 9.10. The van der Waals surface area contributed by atoms with E-state index in [9.17, 15) is 4.79 Å². The number of alkyl halides is 1. The number of hydrogen-bond donors (Lipinski definition) is 0. The van der Waals surface area contributed by atoms with Crippen LogP contribution in [-0.2, 0) is 9.53 Å². The van der Waals surface area contributed by atoms with Crippen LogP contribution >= 0.6 is 15.9 Å². The highest BCUT2D eigenvalue weighted by Gasteiger charge is 2.21. The van der Waals surface area contributed by atoms with E-state index in [1.807, 2.05) is 14.0 Å². The summed E-state index contributed by atoms with van der Waals surface area (Å²) in [6.07, 6.45) is 2.45. The monoisotopic (exact) mass is 249 g/mol. The molecule has 76 valence electrons. The fraction of sp³-hybridized carbons (Fsp3) is 0.889. The summed E-state index contributed by atoms with van der Waals surface area (Å²) < 4.78 is 5.44. The van der Waals surface area contributed by atoms with Crippen LogP contribution in [0.5, 0.6) is 0 Å². The third kappa shape index (κ3) is 3.27. The number of halogens is 1. The Kier molecular flexibility index (Phi) is 4.19. The average molecular weight is 250 g/mol. The van der Waals surface area contributed by atoms with E-state index in [2.05, 4.69) is 15.9 Å². The van der Waals surface area contributed by atoms with Gasteiger partial charge in [-0.3, -0.25) is 4.79 Å². The number of rotatable bonds is 3. The SMILES string of the molecule is CC(Br)C(=O)N(C)CC1CCCO1. The molecule has 0 radical (unpaired) electrons. The van der Waals surface area contributed by atoms with Gasteiger partial charge in [0.2, 0.25) is 5.91 Å². The number of amides is 1. The zero-order valence-corrected chi connectivity index (χ0v) is 9.71. The van der Waals surface area contributed by atoms with E-state index in [0.29, 0.717) is 0 Å². The molecule has 1 heterocycles. The lowest BCUT2D eigenvalue weighted by Crippen LogP contribution is -2.37. The van der Waals surface area contributed by atoms with E-state index in [1.54, 1.807) is 4.90 Å². The third-order valence-corrected chi connectivity index (χ3v) is 2.61. The van der Waals surface area contributed by atoms with Crippen LogP contribution in [0.2, 0.25) is 0 Å². The van der Waals surface area contributed by atoms with Gasteiger partial charge in [-0.15, -0.1) is 0 Å². The second kappa shape index (κ2) is 4.96. The summed E-state index contributed by atoms with van der Waals surface area (Å²) in [5, 5.41) is 0. The Morgan fingerprint density at radius 3 is 2.92 bits per heavy atom. The van der Waals surface area contributed by atoms with Crippen molar-refractivity contribution in [1.29, 1.82) is 0 Å². The Balaban J connectivity index is 2.31. The topological polar surface area (TPSA) is 29.5 Å². The molecule has 2 atom stereocenters. The molecule has 0 spiro atoms. The third-order valence-electron chi connectivity index (χ3n) is 2.22. The molecule has 0 aliphatic carbocycles. The van der Waals surface area contributed by atoms with E-state index in [1.165, 1.54) is 0 Å². The molecular weight excluding hydrogens is 234 g/mol. The maximum Gasteiger partial charge on any atom is 0.235 e. The predicted octanol–water partition coefficient (Wildman–Crippen LogP) is 1.41. The molecule has 1 aliphatic rings. The van der Waals surface area contributed by atoms with Gasteiger partial charge < -0.3 is 9.64 Å².